The molecule has 2 amide bonds. The van der Waals surface area contributed by atoms with E-state index in [9.17, 15) is 14.0 Å². The van der Waals surface area contributed by atoms with Gasteiger partial charge in [-0.3, -0.25) is 23.3 Å². The number of alkyl halides is 1. The number of amides is 2. The lowest BCUT2D eigenvalue weighted by atomic mass is 9.80. The number of aliphatic imine (C=N–C) groups is 1. The highest BCUT2D eigenvalue weighted by Crippen LogP contribution is 2.37. The number of nitrogens with one attached hydrogen (secondary N) is 2. The standard InChI is InChI=1S/C26H37FN4O2S/c1-18-17-23(28-19(2)32)8-7-21(18)10-16-34-31-14-11-26(12-15-31)25(33)29-24(30-26)22-5-3-20(4-6-22)9-13-27/h7-8,17,20,22H,3-6,9-16H2,1-2H3,(H,28,32)(H,29,30,33). The van der Waals surface area contributed by atoms with Crippen molar-refractivity contribution in [2.24, 2.45) is 16.8 Å². The zero-order valence-electron chi connectivity index (χ0n) is 20.4. The molecule has 1 saturated heterocycles. The van der Waals surface area contributed by atoms with Crippen LogP contribution in [-0.4, -0.2) is 53.0 Å². The van der Waals surface area contributed by atoms with Crippen LogP contribution in [0.1, 0.15) is 63.0 Å². The molecule has 0 unspecified atom stereocenters. The molecule has 2 fully saturated rings. The van der Waals surface area contributed by atoms with Crippen LogP contribution in [0.2, 0.25) is 0 Å². The van der Waals surface area contributed by atoms with E-state index in [-0.39, 0.29) is 18.5 Å². The van der Waals surface area contributed by atoms with Crippen molar-refractivity contribution in [1.29, 1.82) is 0 Å². The molecule has 1 spiro atoms. The second-order valence-electron chi connectivity index (χ2n) is 10.0. The molecule has 186 valence electrons. The van der Waals surface area contributed by atoms with E-state index in [1.165, 1.54) is 18.1 Å². The van der Waals surface area contributed by atoms with Gasteiger partial charge in [-0.05, 0) is 87.5 Å². The average molecular weight is 489 g/mol. The molecule has 0 atom stereocenters. The Morgan fingerprint density at radius 2 is 2.00 bits per heavy atom. The first kappa shape index (κ1) is 25.2. The van der Waals surface area contributed by atoms with E-state index in [2.05, 4.69) is 27.9 Å². The number of carbonyl (C=O) groups excluding carboxylic acids is 2. The van der Waals surface area contributed by atoms with Crippen LogP contribution < -0.4 is 10.6 Å². The van der Waals surface area contributed by atoms with Crippen molar-refractivity contribution in [3.8, 4) is 0 Å². The SMILES string of the molecule is CC(=O)Nc1ccc(CCSN2CCC3(CC2)N=C(C2CCC(CCF)CC2)NC3=O)c(C)c1. The molecule has 2 heterocycles. The Kier molecular flexibility index (Phi) is 8.30. The topological polar surface area (TPSA) is 73.8 Å². The quantitative estimate of drug-likeness (QED) is 0.522. The second-order valence-corrected chi connectivity index (χ2v) is 11.2. The number of hydrogen-bond donors (Lipinski definition) is 2. The summed E-state index contributed by atoms with van der Waals surface area (Å²) in [4.78, 5) is 29.1. The molecule has 2 aliphatic heterocycles. The number of benzene rings is 1. The van der Waals surface area contributed by atoms with Crippen LogP contribution in [0, 0.1) is 18.8 Å². The fourth-order valence-electron chi connectivity index (χ4n) is 5.48. The molecule has 1 saturated carbocycles. The first-order valence-corrected chi connectivity index (χ1v) is 13.5. The smallest absolute Gasteiger partial charge is 0.253 e. The molecule has 1 aliphatic carbocycles. The second kappa shape index (κ2) is 11.2. The van der Waals surface area contributed by atoms with Gasteiger partial charge in [0.1, 0.15) is 11.4 Å². The van der Waals surface area contributed by atoms with Gasteiger partial charge in [-0.15, -0.1) is 0 Å². The first-order valence-electron chi connectivity index (χ1n) is 12.6. The van der Waals surface area contributed by atoms with Crippen molar-refractivity contribution in [1.82, 2.24) is 9.62 Å². The van der Waals surface area contributed by atoms with Gasteiger partial charge >= 0.3 is 0 Å². The van der Waals surface area contributed by atoms with Crippen molar-refractivity contribution in [2.75, 3.05) is 30.8 Å². The lowest BCUT2D eigenvalue weighted by Crippen LogP contribution is -2.47. The predicted octanol–water partition coefficient (Wildman–Crippen LogP) is 4.67. The van der Waals surface area contributed by atoms with E-state index < -0.39 is 5.54 Å². The van der Waals surface area contributed by atoms with E-state index >= 15 is 0 Å². The number of piperidine rings is 1. The van der Waals surface area contributed by atoms with Gasteiger partial charge in [0.15, 0.2) is 0 Å². The molecule has 34 heavy (non-hydrogen) atoms. The molecule has 8 heteroatoms. The summed E-state index contributed by atoms with van der Waals surface area (Å²) in [5.74, 6) is 2.71. The molecule has 0 aromatic heterocycles. The molecular formula is C26H37FN4O2S. The van der Waals surface area contributed by atoms with Gasteiger partial charge in [0.2, 0.25) is 5.91 Å². The van der Waals surface area contributed by atoms with Crippen molar-refractivity contribution in [3.05, 3.63) is 29.3 Å². The Labute approximate surface area is 206 Å². The van der Waals surface area contributed by atoms with E-state index in [4.69, 9.17) is 4.99 Å². The van der Waals surface area contributed by atoms with E-state index in [0.29, 0.717) is 18.3 Å². The first-order chi connectivity index (χ1) is 16.4. The minimum absolute atomic E-state index is 0.0565. The lowest BCUT2D eigenvalue weighted by molar-refractivity contribution is -0.125. The third kappa shape index (κ3) is 6.00. The van der Waals surface area contributed by atoms with Gasteiger partial charge in [0, 0.05) is 37.4 Å². The van der Waals surface area contributed by atoms with Gasteiger partial charge in [0.05, 0.1) is 6.67 Å². The number of rotatable bonds is 8. The number of amidine groups is 1. The normalized spacial score (nSPS) is 24.7. The van der Waals surface area contributed by atoms with Crippen molar-refractivity contribution >= 4 is 35.3 Å². The number of aryl methyl sites for hydroxylation is 2. The number of halogens is 1. The fraction of sp³-hybridized carbons (Fsp3) is 0.654. The van der Waals surface area contributed by atoms with Crippen molar-refractivity contribution in [2.45, 2.75) is 70.8 Å². The average Bonchev–Trinajstić information content (AvgIpc) is 3.12. The summed E-state index contributed by atoms with van der Waals surface area (Å²) in [6, 6.07) is 6.07. The summed E-state index contributed by atoms with van der Waals surface area (Å²) in [5, 5.41) is 5.95. The maximum absolute atomic E-state index is 12.9. The maximum Gasteiger partial charge on any atom is 0.253 e. The highest BCUT2D eigenvalue weighted by Gasteiger charge is 2.47. The molecule has 6 nitrogen and oxygen atoms in total. The molecule has 4 rings (SSSR count). The number of nitrogens with zero attached hydrogens (tertiary/aromatic N) is 2. The summed E-state index contributed by atoms with van der Waals surface area (Å²) < 4.78 is 15.0. The Bertz CT molecular complexity index is 921. The molecule has 3 aliphatic rings. The number of hydrogen-bond acceptors (Lipinski definition) is 5. The Balaban J connectivity index is 1.24. The molecule has 1 aromatic carbocycles. The molecule has 2 N–H and O–H groups in total. The third-order valence-corrected chi connectivity index (χ3v) is 8.72. The highest BCUT2D eigenvalue weighted by molar-refractivity contribution is 7.97. The highest BCUT2D eigenvalue weighted by atomic mass is 32.2. The third-order valence-electron chi connectivity index (χ3n) is 7.61. The summed E-state index contributed by atoms with van der Waals surface area (Å²) in [7, 11) is 0. The Hall–Kier alpha value is -1.93. The van der Waals surface area contributed by atoms with Crippen LogP contribution in [-0.2, 0) is 16.0 Å². The summed E-state index contributed by atoms with van der Waals surface area (Å²) in [5.41, 5.74) is 2.73. The van der Waals surface area contributed by atoms with Crippen LogP contribution in [0.4, 0.5) is 10.1 Å². The molecular weight excluding hydrogens is 451 g/mol. The van der Waals surface area contributed by atoms with E-state index in [1.807, 2.05) is 24.1 Å². The summed E-state index contributed by atoms with van der Waals surface area (Å²) in [6.45, 7) is 5.09. The van der Waals surface area contributed by atoms with Crippen LogP contribution >= 0.6 is 11.9 Å². The Morgan fingerprint density at radius 1 is 1.26 bits per heavy atom. The molecule has 1 aromatic rings. The minimum Gasteiger partial charge on any atom is -0.326 e. The monoisotopic (exact) mass is 488 g/mol. The van der Waals surface area contributed by atoms with Crippen molar-refractivity contribution in [3.63, 3.8) is 0 Å². The molecule has 0 bridgehead atoms. The van der Waals surface area contributed by atoms with Crippen LogP contribution in [0.25, 0.3) is 0 Å². The van der Waals surface area contributed by atoms with Gasteiger partial charge in [-0.25, -0.2) is 0 Å². The number of anilines is 1. The largest absolute Gasteiger partial charge is 0.326 e. The predicted molar refractivity (Wildman–Crippen MR) is 137 cm³/mol. The number of carbonyl (C=O) groups is 2. The van der Waals surface area contributed by atoms with Gasteiger partial charge in [-0.1, -0.05) is 18.0 Å². The van der Waals surface area contributed by atoms with Crippen LogP contribution in [0.3, 0.4) is 0 Å². The zero-order valence-corrected chi connectivity index (χ0v) is 21.2. The van der Waals surface area contributed by atoms with Gasteiger partial charge in [-0.2, -0.15) is 0 Å². The zero-order chi connectivity index (χ0) is 24.1. The Morgan fingerprint density at radius 3 is 2.65 bits per heavy atom. The lowest BCUT2D eigenvalue weighted by Gasteiger charge is -2.34. The van der Waals surface area contributed by atoms with Gasteiger partial charge < -0.3 is 10.6 Å². The van der Waals surface area contributed by atoms with E-state index in [1.54, 1.807) is 0 Å². The maximum atomic E-state index is 12.9. The van der Waals surface area contributed by atoms with E-state index in [0.717, 1.165) is 75.3 Å². The summed E-state index contributed by atoms with van der Waals surface area (Å²) >= 11 is 1.85. The van der Waals surface area contributed by atoms with Crippen molar-refractivity contribution < 1.29 is 14.0 Å². The van der Waals surface area contributed by atoms with Crippen LogP contribution in [0.5, 0.6) is 0 Å². The van der Waals surface area contributed by atoms with Crippen LogP contribution in [0.15, 0.2) is 23.2 Å². The minimum atomic E-state index is -0.585. The summed E-state index contributed by atoms with van der Waals surface area (Å²) in [6.07, 6.45) is 7.25. The molecule has 0 radical (unpaired) electrons. The fourth-order valence-corrected chi connectivity index (χ4v) is 6.49. The van der Waals surface area contributed by atoms with Gasteiger partial charge in [0.25, 0.3) is 5.91 Å².